The van der Waals surface area contributed by atoms with Gasteiger partial charge in [-0.05, 0) is 32.4 Å². The zero-order valence-corrected chi connectivity index (χ0v) is 12.6. The Hall–Kier alpha value is -1.49. The highest BCUT2D eigenvalue weighted by Crippen LogP contribution is 2.45. The van der Waals surface area contributed by atoms with Crippen LogP contribution >= 0.6 is 7.60 Å². The molecule has 20 heavy (non-hydrogen) atoms. The van der Waals surface area contributed by atoms with Gasteiger partial charge in [0.25, 0.3) is 5.56 Å². The van der Waals surface area contributed by atoms with Crippen molar-refractivity contribution >= 4 is 18.5 Å². The number of nitrogens with zero attached hydrogens (tertiary/aromatic N) is 2. The lowest BCUT2D eigenvalue weighted by Crippen LogP contribution is -2.33. The molecule has 0 saturated heterocycles. The second-order valence-electron chi connectivity index (χ2n) is 4.17. The number of rotatable bonds is 5. The summed E-state index contributed by atoms with van der Waals surface area (Å²) in [5.74, 6) is 0. The number of fused-ring (bicyclic) bond motifs is 1. The molecule has 0 spiro atoms. The molecule has 2 aromatic rings. The molecule has 0 unspecified atom stereocenters. The normalized spacial score (nSPS) is 11.9. The zero-order chi connectivity index (χ0) is 14.8. The number of hydrogen-bond acceptors (Lipinski definition) is 5. The van der Waals surface area contributed by atoms with Crippen LogP contribution in [0.25, 0.3) is 5.65 Å². The van der Waals surface area contributed by atoms with E-state index in [4.69, 9.17) is 9.05 Å². The van der Waals surface area contributed by atoms with Crippen molar-refractivity contribution in [2.45, 2.75) is 20.8 Å². The summed E-state index contributed by atoms with van der Waals surface area (Å²) in [4.78, 5) is 16.7. The fourth-order valence-electron chi connectivity index (χ4n) is 1.94. The minimum Gasteiger partial charge on any atom is -0.305 e. The van der Waals surface area contributed by atoms with Crippen molar-refractivity contribution in [1.29, 1.82) is 0 Å². The summed E-state index contributed by atoms with van der Waals surface area (Å²) in [7, 11) is -3.62. The molecule has 0 fully saturated rings. The molecule has 0 radical (unpaired) electrons. The van der Waals surface area contributed by atoms with Crippen LogP contribution in [0, 0.1) is 6.92 Å². The van der Waals surface area contributed by atoms with Gasteiger partial charge in [0.05, 0.1) is 19.4 Å². The number of aryl methyl sites for hydroxylation is 1. The van der Waals surface area contributed by atoms with E-state index in [9.17, 15) is 9.36 Å². The summed E-state index contributed by atoms with van der Waals surface area (Å²) in [5.41, 5.74) is 0.962. The van der Waals surface area contributed by atoms with Crippen LogP contribution in [0.1, 0.15) is 19.4 Å². The molecule has 0 aromatic carbocycles. The fourth-order valence-corrected chi connectivity index (χ4v) is 3.52. The second kappa shape index (κ2) is 5.87. The summed E-state index contributed by atoms with van der Waals surface area (Å²) in [5, 5.41) is -0.0377. The van der Waals surface area contributed by atoms with E-state index in [0.717, 1.165) is 5.56 Å². The van der Waals surface area contributed by atoms with Crippen molar-refractivity contribution in [1.82, 2.24) is 9.38 Å². The van der Waals surface area contributed by atoms with Crippen LogP contribution in [0.15, 0.2) is 29.3 Å². The molecule has 0 aliphatic rings. The van der Waals surface area contributed by atoms with Crippen LogP contribution in [0.5, 0.6) is 0 Å². The number of aromatic nitrogens is 2. The molecule has 2 rings (SSSR count). The Kier molecular flexibility index (Phi) is 4.38. The minimum absolute atomic E-state index is 0.0377. The topological polar surface area (TPSA) is 69.9 Å². The van der Waals surface area contributed by atoms with Gasteiger partial charge in [-0.3, -0.25) is 13.8 Å². The molecule has 0 aliphatic heterocycles. The van der Waals surface area contributed by atoms with E-state index in [2.05, 4.69) is 4.98 Å². The molecule has 7 heteroatoms. The first-order valence-corrected chi connectivity index (χ1v) is 7.94. The van der Waals surface area contributed by atoms with E-state index >= 15 is 0 Å². The van der Waals surface area contributed by atoms with Gasteiger partial charge in [-0.2, -0.15) is 0 Å². The van der Waals surface area contributed by atoms with Crippen molar-refractivity contribution in [3.63, 3.8) is 0 Å². The van der Waals surface area contributed by atoms with Crippen molar-refractivity contribution < 1.29 is 13.6 Å². The summed E-state index contributed by atoms with van der Waals surface area (Å²) in [6.45, 7) is 5.62. The Morgan fingerprint density at radius 2 is 1.95 bits per heavy atom. The molecule has 0 aliphatic carbocycles. The average Bonchev–Trinajstić information content (AvgIpc) is 2.40. The van der Waals surface area contributed by atoms with E-state index in [1.54, 1.807) is 26.1 Å². The molecule has 2 aromatic heterocycles. The van der Waals surface area contributed by atoms with Gasteiger partial charge in [-0.15, -0.1) is 0 Å². The third kappa shape index (κ3) is 2.54. The molecular weight excluding hydrogens is 279 g/mol. The summed E-state index contributed by atoms with van der Waals surface area (Å²) < 4.78 is 24.4. The SMILES string of the molecule is CCOP(=O)(OCC)c1cnc2c(C)cccn2c1=O. The molecule has 2 heterocycles. The minimum atomic E-state index is -3.62. The first-order chi connectivity index (χ1) is 9.53. The molecule has 0 bridgehead atoms. The van der Waals surface area contributed by atoms with Gasteiger partial charge in [0.2, 0.25) is 0 Å². The van der Waals surface area contributed by atoms with E-state index in [-0.39, 0.29) is 18.5 Å². The first kappa shape index (κ1) is 14.9. The maximum Gasteiger partial charge on any atom is 0.368 e. The Balaban J connectivity index is 2.69. The molecule has 6 nitrogen and oxygen atoms in total. The monoisotopic (exact) mass is 296 g/mol. The highest BCUT2D eigenvalue weighted by atomic mass is 31.2. The van der Waals surface area contributed by atoms with Crippen molar-refractivity contribution in [3.05, 3.63) is 40.4 Å². The van der Waals surface area contributed by atoms with Gasteiger partial charge in [-0.1, -0.05) is 6.07 Å². The third-order valence-electron chi connectivity index (χ3n) is 2.80. The van der Waals surface area contributed by atoms with Crippen LogP contribution in [0.2, 0.25) is 0 Å². The van der Waals surface area contributed by atoms with E-state index in [0.29, 0.717) is 5.65 Å². The van der Waals surface area contributed by atoms with E-state index in [1.807, 2.05) is 13.0 Å². The second-order valence-corrected chi connectivity index (χ2v) is 6.16. The Bertz CT molecular complexity index is 716. The predicted octanol–water partition coefficient (Wildman–Crippen LogP) is 1.89. The van der Waals surface area contributed by atoms with Gasteiger partial charge in [-0.25, -0.2) is 4.98 Å². The van der Waals surface area contributed by atoms with Gasteiger partial charge < -0.3 is 9.05 Å². The Morgan fingerprint density at radius 1 is 1.30 bits per heavy atom. The fraction of sp³-hybridized carbons (Fsp3) is 0.385. The highest BCUT2D eigenvalue weighted by Gasteiger charge is 2.31. The van der Waals surface area contributed by atoms with E-state index < -0.39 is 13.2 Å². The molecule has 0 atom stereocenters. The first-order valence-electron chi connectivity index (χ1n) is 6.40. The smallest absolute Gasteiger partial charge is 0.305 e. The Labute approximate surface area is 116 Å². The van der Waals surface area contributed by atoms with Crippen molar-refractivity contribution in [2.24, 2.45) is 0 Å². The lowest BCUT2D eigenvalue weighted by Gasteiger charge is -2.16. The quantitative estimate of drug-likeness (QED) is 0.788. The number of pyridine rings is 1. The van der Waals surface area contributed by atoms with Crippen LogP contribution < -0.4 is 10.9 Å². The van der Waals surface area contributed by atoms with E-state index in [1.165, 1.54) is 10.6 Å². The van der Waals surface area contributed by atoms with Crippen molar-refractivity contribution in [2.75, 3.05) is 13.2 Å². The average molecular weight is 296 g/mol. The third-order valence-corrected chi connectivity index (χ3v) is 4.90. The van der Waals surface area contributed by atoms with Crippen molar-refractivity contribution in [3.8, 4) is 0 Å². The molecule has 108 valence electrons. The van der Waals surface area contributed by atoms with Gasteiger partial charge in [0.1, 0.15) is 11.0 Å². The van der Waals surface area contributed by atoms with Gasteiger partial charge >= 0.3 is 7.60 Å². The summed E-state index contributed by atoms with van der Waals surface area (Å²) in [6, 6.07) is 3.59. The van der Waals surface area contributed by atoms with Crippen LogP contribution in [-0.4, -0.2) is 22.6 Å². The zero-order valence-electron chi connectivity index (χ0n) is 11.7. The van der Waals surface area contributed by atoms with Gasteiger partial charge in [0, 0.05) is 6.20 Å². The lowest BCUT2D eigenvalue weighted by molar-refractivity contribution is 0.229. The maximum atomic E-state index is 12.7. The Morgan fingerprint density at radius 3 is 2.55 bits per heavy atom. The molecular formula is C13H17N2O4P. The maximum absolute atomic E-state index is 12.7. The predicted molar refractivity (Wildman–Crippen MR) is 76.7 cm³/mol. The van der Waals surface area contributed by atoms with Gasteiger partial charge in [0.15, 0.2) is 0 Å². The molecule has 0 N–H and O–H groups in total. The summed E-state index contributed by atoms with van der Waals surface area (Å²) >= 11 is 0. The molecule has 0 amide bonds. The number of hydrogen-bond donors (Lipinski definition) is 0. The molecule has 0 saturated carbocycles. The van der Waals surface area contributed by atoms with Crippen LogP contribution in [-0.2, 0) is 13.6 Å². The van der Waals surface area contributed by atoms with Crippen LogP contribution in [0.3, 0.4) is 0 Å². The standard InChI is InChI=1S/C13H17N2O4P/c1-4-18-20(17,19-5-2)11-9-14-12-10(3)7-6-8-15(12)13(11)16/h6-9H,4-5H2,1-3H3. The summed E-state index contributed by atoms with van der Waals surface area (Å²) in [6.07, 6.45) is 2.88. The van der Waals surface area contributed by atoms with Crippen LogP contribution in [0.4, 0.5) is 0 Å². The largest absolute Gasteiger partial charge is 0.368 e. The lowest BCUT2D eigenvalue weighted by atomic mass is 10.3. The highest BCUT2D eigenvalue weighted by molar-refractivity contribution is 7.62.